The van der Waals surface area contributed by atoms with Crippen LogP contribution >= 0.6 is 23.4 Å². The maximum absolute atomic E-state index is 11.5. The van der Waals surface area contributed by atoms with Crippen LogP contribution in [0.3, 0.4) is 0 Å². The molecule has 0 amide bonds. The summed E-state index contributed by atoms with van der Waals surface area (Å²) in [5, 5.41) is 0.440. The van der Waals surface area contributed by atoms with E-state index in [0.717, 1.165) is 4.90 Å². The van der Waals surface area contributed by atoms with Crippen LogP contribution < -0.4 is 0 Å². The van der Waals surface area contributed by atoms with E-state index in [1.54, 1.807) is 13.0 Å². The van der Waals surface area contributed by atoms with Crippen LogP contribution in [-0.4, -0.2) is 18.8 Å². The van der Waals surface area contributed by atoms with E-state index in [2.05, 4.69) is 0 Å². The highest BCUT2D eigenvalue weighted by Crippen LogP contribution is 2.27. The average molecular weight is 231 g/mol. The van der Waals surface area contributed by atoms with Crippen molar-refractivity contribution in [2.45, 2.75) is 11.8 Å². The third-order valence-electron chi connectivity index (χ3n) is 1.67. The van der Waals surface area contributed by atoms with Crippen LogP contribution in [0.25, 0.3) is 0 Å². The second kappa shape index (κ2) is 5.27. The summed E-state index contributed by atoms with van der Waals surface area (Å²) in [7, 11) is 0. The number of hydrogen-bond donors (Lipinski definition) is 0. The smallest absolute Gasteiger partial charge is 0.340 e. The van der Waals surface area contributed by atoms with Crippen molar-refractivity contribution in [3.8, 4) is 0 Å². The molecule has 0 unspecified atom stereocenters. The van der Waals surface area contributed by atoms with Crippen molar-refractivity contribution in [2.75, 3.05) is 12.9 Å². The van der Waals surface area contributed by atoms with Crippen LogP contribution in [0, 0.1) is 0 Å². The number of carbonyl (C=O) groups excluding carboxylic acids is 1. The van der Waals surface area contributed by atoms with Gasteiger partial charge in [0.05, 0.1) is 17.2 Å². The number of carbonyl (C=O) groups is 1. The third-order valence-corrected chi connectivity index (χ3v) is 2.77. The number of ether oxygens (including phenoxy) is 1. The maximum atomic E-state index is 11.5. The molecule has 0 aromatic heterocycles. The highest BCUT2D eigenvalue weighted by molar-refractivity contribution is 7.98. The zero-order valence-electron chi connectivity index (χ0n) is 8.04. The quantitative estimate of drug-likeness (QED) is 0.589. The van der Waals surface area contributed by atoms with Gasteiger partial charge in [-0.25, -0.2) is 4.79 Å². The van der Waals surface area contributed by atoms with Gasteiger partial charge in [0, 0.05) is 4.90 Å². The Morgan fingerprint density at radius 3 is 2.86 bits per heavy atom. The lowest BCUT2D eigenvalue weighted by molar-refractivity contribution is 0.0522. The largest absolute Gasteiger partial charge is 0.462 e. The van der Waals surface area contributed by atoms with Gasteiger partial charge < -0.3 is 4.74 Å². The molecule has 0 aliphatic carbocycles. The second-order valence-electron chi connectivity index (χ2n) is 2.54. The van der Waals surface area contributed by atoms with Gasteiger partial charge in [-0.15, -0.1) is 11.8 Å². The van der Waals surface area contributed by atoms with E-state index < -0.39 is 0 Å². The minimum atomic E-state index is -0.359. The van der Waals surface area contributed by atoms with Crippen molar-refractivity contribution in [3.63, 3.8) is 0 Å². The monoisotopic (exact) mass is 230 g/mol. The lowest BCUT2D eigenvalue weighted by atomic mass is 10.2. The van der Waals surface area contributed by atoms with Crippen molar-refractivity contribution in [1.82, 2.24) is 0 Å². The molecule has 0 N–H and O–H groups in total. The number of thioether (sulfide) groups is 1. The van der Waals surface area contributed by atoms with Gasteiger partial charge in [-0.05, 0) is 25.3 Å². The fraction of sp³-hybridized carbons (Fsp3) is 0.300. The van der Waals surface area contributed by atoms with Gasteiger partial charge in [-0.3, -0.25) is 0 Å². The molecule has 0 aliphatic heterocycles. The van der Waals surface area contributed by atoms with Gasteiger partial charge in [0.15, 0.2) is 0 Å². The predicted molar refractivity (Wildman–Crippen MR) is 59.2 cm³/mol. The number of halogens is 1. The van der Waals surface area contributed by atoms with Gasteiger partial charge in [-0.2, -0.15) is 0 Å². The second-order valence-corrected chi connectivity index (χ2v) is 3.79. The summed E-state index contributed by atoms with van der Waals surface area (Å²) in [5.41, 5.74) is 0.462. The number of hydrogen-bond acceptors (Lipinski definition) is 3. The van der Waals surface area contributed by atoms with E-state index in [-0.39, 0.29) is 5.97 Å². The summed E-state index contributed by atoms with van der Waals surface area (Å²) >= 11 is 7.40. The summed E-state index contributed by atoms with van der Waals surface area (Å²) in [6.07, 6.45) is 1.90. The Hall–Kier alpha value is -0.670. The first-order chi connectivity index (χ1) is 6.70. The summed E-state index contributed by atoms with van der Waals surface area (Å²) in [4.78, 5) is 12.4. The van der Waals surface area contributed by atoms with Crippen LogP contribution in [0.15, 0.2) is 23.1 Å². The molecule has 14 heavy (non-hydrogen) atoms. The van der Waals surface area contributed by atoms with Crippen LogP contribution in [0.4, 0.5) is 0 Å². The highest BCUT2D eigenvalue weighted by Gasteiger charge is 2.15. The molecule has 0 radical (unpaired) electrons. The molecular formula is C10H11ClO2S. The van der Waals surface area contributed by atoms with Gasteiger partial charge in [-0.1, -0.05) is 17.7 Å². The molecule has 0 fully saturated rings. The molecule has 4 heteroatoms. The summed E-state index contributed by atoms with van der Waals surface area (Å²) < 4.78 is 4.91. The molecule has 1 aromatic rings. The van der Waals surface area contributed by atoms with E-state index in [0.29, 0.717) is 17.2 Å². The summed E-state index contributed by atoms with van der Waals surface area (Å²) in [6, 6.07) is 5.35. The van der Waals surface area contributed by atoms with E-state index >= 15 is 0 Å². The van der Waals surface area contributed by atoms with Gasteiger partial charge >= 0.3 is 5.97 Å². The van der Waals surface area contributed by atoms with Crippen molar-refractivity contribution < 1.29 is 9.53 Å². The van der Waals surface area contributed by atoms with E-state index in [4.69, 9.17) is 16.3 Å². The summed E-state index contributed by atoms with van der Waals surface area (Å²) in [6.45, 7) is 2.13. The zero-order chi connectivity index (χ0) is 10.6. The topological polar surface area (TPSA) is 26.3 Å². The SMILES string of the molecule is CCOC(=O)c1c(Cl)cccc1SC. The molecule has 0 saturated heterocycles. The Morgan fingerprint density at radius 1 is 1.57 bits per heavy atom. The van der Waals surface area contributed by atoms with Gasteiger partial charge in [0.2, 0.25) is 0 Å². The standard InChI is InChI=1S/C10H11ClO2S/c1-3-13-10(12)9-7(11)5-4-6-8(9)14-2/h4-6H,3H2,1-2H3. The Morgan fingerprint density at radius 2 is 2.29 bits per heavy atom. The molecule has 0 bridgehead atoms. The predicted octanol–water partition coefficient (Wildman–Crippen LogP) is 3.24. The average Bonchev–Trinajstić information content (AvgIpc) is 2.17. The molecular weight excluding hydrogens is 220 g/mol. The first kappa shape index (κ1) is 11.4. The summed E-state index contributed by atoms with van der Waals surface area (Å²) in [5.74, 6) is -0.359. The number of rotatable bonds is 3. The molecule has 0 spiro atoms. The Balaban J connectivity index is 3.10. The van der Waals surface area contributed by atoms with Crippen molar-refractivity contribution in [2.24, 2.45) is 0 Å². The minimum absolute atomic E-state index is 0.359. The highest BCUT2D eigenvalue weighted by atomic mass is 35.5. The Bertz CT molecular complexity index is 339. The molecule has 0 saturated carbocycles. The molecule has 1 rings (SSSR count). The molecule has 0 aliphatic rings. The fourth-order valence-corrected chi connectivity index (χ4v) is 2.00. The third kappa shape index (κ3) is 2.42. The first-order valence-electron chi connectivity index (χ1n) is 4.20. The molecule has 0 atom stereocenters. The van der Waals surface area contributed by atoms with E-state index in [1.807, 2.05) is 18.4 Å². The van der Waals surface area contributed by atoms with Gasteiger partial charge in [0.25, 0.3) is 0 Å². The first-order valence-corrected chi connectivity index (χ1v) is 5.80. The number of benzene rings is 1. The van der Waals surface area contributed by atoms with E-state index in [1.165, 1.54) is 11.8 Å². The molecule has 1 aromatic carbocycles. The van der Waals surface area contributed by atoms with Crippen LogP contribution in [-0.2, 0) is 4.74 Å². The lowest BCUT2D eigenvalue weighted by Crippen LogP contribution is -2.06. The van der Waals surface area contributed by atoms with E-state index in [9.17, 15) is 4.79 Å². The van der Waals surface area contributed by atoms with Gasteiger partial charge in [0.1, 0.15) is 0 Å². The van der Waals surface area contributed by atoms with Crippen LogP contribution in [0.1, 0.15) is 17.3 Å². The fourth-order valence-electron chi connectivity index (χ4n) is 1.08. The Labute approximate surface area is 92.6 Å². The van der Waals surface area contributed by atoms with Crippen molar-refractivity contribution in [3.05, 3.63) is 28.8 Å². The lowest BCUT2D eigenvalue weighted by Gasteiger charge is -2.07. The van der Waals surface area contributed by atoms with Crippen molar-refractivity contribution >= 4 is 29.3 Å². The normalized spacial score (nSPS) is 9.93. The minimum Gasteiger partial charge on any atom is -0.462 e. The maximum Gasteiger partial charge on any atom is 0.340 e. The zero-order valence-corrected chi connectivity index (χ0v) is 9.61. The number of esters is 1. The molecule has 0 heterocycles. The molecule has 76 valence electrons. The van der Waals surface area contributed by atoms with Crippen molar-refractivity contribution in [1.29, 1.82) is 0 Å². The Kier molecular flexibility index (Phi) is 4.29. The molecule has 2 nitrogen and oxygen atoms in total. The van der Waals surface area contributed by atoms with Crippen LogP contribution in [0.2, 0.25) is 5.02 Å². The van der Waals surface area contributed by atoms with Crippen LogP contribution in [0.5, 0.6) is 0 Å².